The number of benzene rings is 2. The average molecular weight is 492 g/mol. The van der Waals surface area contributed by atoms with Crippen LogP contribution in [-0.2, 0) is 32.7 Å². The number of carbonyl (C=O) groups is 2. The maximum atomic E-state index is 13.2. The van der Waals surface area contributed by atoms with Gasteiger partial charge in [-0.1, -0.05) is 62.6 Å². The highest BCUT2D eigenvalue weighted by molar-refractivity contribution is 5.69. The standard InChI is InChI=1S/C30H37NO5/c1-2-3-12-28(32)36-21-35-24-14-13-23-18-27-25-11-7-8-15-30(25,26(23)19-24)16-17-31(27)29(33)34-20-22-9-5-4-6-10-22/h4-6,9-10,13-14,19,25,27H,2-3,7-8,11-12,15-18,20-21H2,1H3/t25-,27+,30+/m1/s1. The van der Waals surface area contributed by atoms with E-state index >= 15 is 0 Å². The fourth-order valence-corrected chi connectivity index (χ4v) is 6.66. The smallest absolute Gasteiger partial charge is 0.410 e. The van der Waals surface area contributed by atoms with Crippen molar-refractivity contribution in [2.45, 2.75) is 82.8 Å². The molecule has 1 aliphatic heterocycles. The minimum absolute atomic E-state index is 0.0541. The van der Waals surface area contributed by atoms with Crippen molar-refractivity contribution in [2.24, 2.45) is 5.92 Å². The van der Waals surface area contributed by atoms with Crippen LogP contribution in [0.2, 0.25) is 0 Å². The van der Waals surface area contributed by atoms with Crippen molar-refractivity contribution >= 4 is 12.1 Å². The van der Waals surface area contributed by atoms with Gasteiger partial charge in [0, 0.05) is 24.4 Å². The quantitative estimate of drug-likeness (QED) is 0.327. The summed E-state index contributed by atoms with van der Waals surface area (Å²) in [6.45, 7) is 3.02. The summed E-state index contributed by atoms with van der Waals surface area (Å²) in [5.41, 5.74) is 3.75. The highest BCUT2D eigenvalue weighted by Crippen LogP contribution is 2.56. The Bertz CT molecular complexity index is 1070. The summed E-state index contributed by atoms with van der Waals surface area (Å²) in [4.78, 5) is 27.0. The van der Waals surface area contributed by atoms with Crippen LogP contribution in [0.5, 0.6) is 5.75 Å². The zero-order valence-electron chi connectivity index (χ0n) is 21.2. The van der Waals surface area contributed by atoms with Crippen LogP contribution < -0.4 is 4.74 Å². The molecule has 1 saturated heterocycles. The molecule has 0 aromatic heterocycles. The predicted octanol–water partition coefficient (Wildman–Crippen LogP) is 6.15. The van der Waals surface area contributed by atoms with Gasteiger partial charge in [-0.2, -0.15) is 0 Å². The maximum absolute atomic E-state index is 13.2. The van der Waals surface area contributed by atoms with Crippen LogP contribution in [0.3, 0.4) is 0 Å². The number of hydrogen-bond acceptors (Lipinski definition) is 5. The van der Waals surface area contributed by atoms with E-state index in [1.165, 1.54) is 24.0 Å². The molecule has 0 unspecified atom stereocenters. The molecule has 192 valence electrons. The first-order chi connectivity index (χ1) is 17.6. The van der Waals surface area contributed by atoms with E-state index in [2.05, 4.69) is 19.1 Å². The molecule has 3 aliphatic rings. The third-order valence-electron chi connectivity index (χ3n) is 8.43. The van der Waals surface area contributed by atoms with Gasteiger partial charge >= 0.3 is 12.1 Å². The largest absolute Gasteiger partial charge is 0.457 e. The van der Waals surface area contributed by atoms with Crippen LogP contribution in [0.1, 0.15) is 75.0 Å². The lowest BCUT2D eigenvalue weighted by Crippen LogP contribution is -2.62. The molecule has 36 heavy (non-hydrogen) atoms. The van der Waals surface area contributed by atoms with E-state index in [0.29, 0.717) is 25.5 Å². The van der Waals surface area contributed by atoms with Crippen molar-refractivity contribution < 1.29 is 23.8 Å². The summed E-state index contributed by atoms with van der Waals surface area (Å²) in [7, 11) is 0. The Morgan fingerprint density at radius 2 is 1.92 bits per heavy atom. The van der Waals surface area contributed by atoms with Gasteiger partial charge in [0.05, 0.1) is 0 Å². The minimum atomic E-state index is -0.213. The van der Waals surface area contributed by atoms with Crippen LogP contribution >= 0.6 is 0 Å². The van der Waals surface area contributed by atoms with Crippen LogP contribution in [0.15, 0.2) is 48.5 Å². The number of carbonyl (C=O) groups excluding carboxylic acids is 2. The molecule has 0 radical (unpaired) electrons. The Kier molecular flexibility index (Phi) is 7.49. The third kappa shape index (κ3) is 4.95. The van der Waals surface area contributed by atoms with Gasteiger partial charge in [-0.25, -0.2) is 4.79 Å². The SMILES string of the molecule is CCCCC(=O)OCOc1ccc2c(c1)[C@]13CCCC[C@@H]1[C@H](C2)N(C(=O)OCc1ccccc1)CC3. The van der Waals surface area contributed by atoms with Crippen molar-refractivity contribution in [3.63, 3.8) is 0 Å². The molecule has 6 heteroatoms. The van der Waals surface area contributed by atoms with Crippen LogP contribution in [0.25, 0.3) is 0 Å². The summed E-state index contributed by atoms with van der Waals surface area (Å²) in [5.74, 6) is 0.966. The molecule has 2 aromatic carbocycles. The second-order valence-corrected chi connectivity index (χ2v) is 10.5. The molecule has 2 fully saturated rings. The predicted molar refractivity (Wildman–Crippen MR) is 137 cm³/mol. The molecular weight excluding hydrogens is 454 g/mol. The molecule has 2 bridgehead atoms. The van der Waals surface area contributed by atoms with E-state index in [4.69, 9.17) is 14.2 Å². The van der Waals surface area contributed by atoms with Gasteiger partial charge < -0.3 is 19.1 Å². The molecule has 2 aromatic rings. The second kappa shape index (κ2) is 10.9. The average Bonchev–Trinajstić information content (AvgIpc) is 2.91. The number of unbranched alkanes of at least 4 members (excludes halogenated alkanes) is 1. The van der Waals surface area contributed by atoms with E-state index in [-0.39, 0.29) is 30.3 Å². The first-order valence-corrected chi connectivity index (χ1v) is 13.5. The summed E-state index contributed by atoms with van der Waals surface area (Å²) in [5, 5.41) is 0. The van der Waals surface area contributed by atoms with Crippen molar-refractivity contribution in [1.29, 1.82) is 0 Å². The number of amides is 1. The van der Waals surface area contributed by atoms with Gasteiger partial charge in [0.25, 0.3) is 0 Å². The normalized spacial score (nSPS) is 24.3. The van der Waals surface area contributed by atoms with Crippen molar-refractivity contribution in [3.8, 4) is 5.75 Å². The molecule has 5 rings (SSSR count). The monoisotopic (exact) mass is 491 g/mol. The molecule has 3 atom stereocenters. The lowest BCUT2D eigenvalue weighted by molar-refractivity contribution is -0.150. The number of rotatable bonds is 8. The van der Waals surface area contributed by atoms with Gasteiger partial charge in [-0.05, 0) is 66.8 Å². The zero-order chi connectivity index (χ0) is 25.0. The third-order valence-corrected chi connectivity index (χ3v) is 8.43. The van der Waals surface area contributed by atoms with Crippen LogP contribution in [0, 0.1) is 5.92 Å². The molecule has 0 N–H and O–H groups in total. The number of hydrogen-bond donors (Lipinski definition) is 0. The Balaban J connectivity index is 1.30. The van der Waals surface area contributed by atoms with Gasteiger partial charge in [0.1, 0.15) is 12.4 Å². The minimum Gasteiger partial charge on any atom is -0.457 e. The van der Waals surface area contributed by atoms with Gasteiger partial charge in [-0.15, -0.1) is 0 Å². The Morgan fingerprint density at radius 3 is 2.75 bits per heavy atom. The first-order valence-electron chi connectivity index (χ1n) is 13.5. The maximum Gasteiger partial charge on any atom is 0.410 e. The highest BCUT2D eigenvalue weighted by atomic mass is 16.7. The zero-order valence-corrected chi connectivity index (χ0v) is 21.2. The van der Waals surface area contributed by atoms with E-state index in [9.17, 15) is 9.59 Å². The fraction of sp³-hybridized carbons (Fsp3) is 0.533. The van der Waals surface area contributed by atoms with Crippen molar-refractivity contribution in [2.75, 3.05) is 13.3 Å². The number of nitrogens with zero attached hydrogens (tertiary/aromatic N) is 1. The number of fused-ring (bicyclic) bond motifs is 1. The van der Waals surface area contributed by atoms with E-state index in [1.54, 1.807) is 0 Å². The summed E-state index contributed by atoms with van der Waals surface area (Å²) >= 11 is 0. The molecule has 1 saturated carbocycles. The highest BCUT2D eigenvalue weighted by Gasteiger charge is 2.55. The summed E-state index contributed by atoms with van der Waals surface area (Å²) < 4.78 is 16.9. The Hall–Kier alpha value is -3.02. The molecule has 1 amide bonds. The van der Waals surface area contributed by atoms with Gasteiger partial charge in [-0.3, -0.25) is 4.79 Å². The number of esters is 1. The first kappa shape index (κ1) is 24.7. The van der Waals surface area contributed by atoms with Crippen LogP contribution in [-0.4, -0.2) is 36.3 Å². The number of ether oxygens (including phenoxy) is 3. The van der Waals surface area contributed by atoms with Crippen molar-refractivity contribution in [3.05, 3.63) is 65.2 Å². The number of piperidine rings is 1. The summed E-state index contributed by atoms with van der Waals surface area (Å²) in [6, 6.07) is 16.3. The van der Waals surface area contributed by atoms with E-state index in [0.717, 1.165) is 49.8 Å². The Morgan fingerprint density at radius 1 is 1.06 bits per heavy atom. The second-order valence-electron chi connectivity index (χ2n) is 10.5. The lowest BCUT2D eigenvalue weighted by Gasteiger charge is -2.58. The summed E-state index contributed by atoms with van der Waals surface area (Å²) in [6.07, 6.45) is 8.50. The van der Waals surface area contributed by atoms with E-state index in [1.807, 2.05) is 41.3 Å². The van der Waals surface area contributed by atoms with Crippen LogP contribution in [0.4, 0.5) is 4.79 Å². The van der Waals surface area contributed by atoms with Crippen molar-refractivity contribution in [1.82, 2.24) is 4.90 Å². The fourth-order valence-electron chi connectivity index (χ4n) is 6.66. The molecular formula is C30H37NO5. The molecule has 6 nitrogen and oxygen atoms in total. The van der Waals surface area contributed by atoms with E-state index < -0.39 is 0 Å². The lowest BCUT2D eigenvalue weighted by atomic mass is 9.52. The topological polar surface area (TPSA) is 65.1 Å². The van der Waals surface area contributed by atoms with Gasteiger partial charge in [0.15, 0.2) is 0 Å². The molecule has 1 heterocycles. The molecule has 0 spiro atoms. The molecule has 2 aliphatic carbocycles. The Labute approximate surface area is 213 Å². The van der Waals surface area contributed by atoms with Gasteiger partial charge in [0.2, 0.25) is 6.79 Å². The number of likely N-dealkylation sites (tertiary alicyclic amines) is 1.